The first-order valence-electron chi connectivity index (χ1n) is 6.67. The van der Waals surface area contributed by atoms with Gasteiger partial charge in [-0.3, -0.25) is 11.3 Å². The van der Waals surface area contributed by atoms with Crippen LogP contribution < -0.4 is 11.3 Å². The Balaban J connectivity index is 1.91. The van der Waals surface area contributed by atoms with Crippen molar-refractivity contribution in [1.29, 1.82) is 0 Å². The van der Waals surface area contributed by atoms with Crippen LogP contribution in [0.4, 0.5) is 4.39 Å². The van der Waals surface area contributed by atoms with Gasteiger partial charge in [0, 0.05) is 5.56 Å². The van der Waals surface area contributed by atoms with Gasteiger partial charge in [-0.25, -0.2) is 4.39 Å². The van der Waals surface area contributed by atoms with Crippen molar-refractivity contribution in [2.24, 2.45) is 11.8 Å². The van der Waals surface area contributed by atoms with Crippen LogP contribution in [0.2, 0.25) is 0 Å². The van der Waals surface area contributed by atoms with Crippen molar-refractivity contribution in [3.8, 4) is 0 Å². The highest BCUT2D eigenvalue weighted by atomic mass is 79.9. The molecule has 0 heterocycles. The number of hydrogen-bond donors (Lipinski definition) is 2. The third-order valence-electron chi connectivity index (χ3n) is 4.05. The molecule has 0 saturated carbocycles. The third-order valence-corrected chi connectivity index (χ3v) is 4.66. The number of halogens is 2. The number of nitrogens with two attached hydrogens (primary N) is 1. The number of hydrogen-bond acceptors (Lipinski definition) is 2. The zero-order valence-electron chi connectivity index (χ0n) is 10.9. The van der Waals surface area contributed by atoms with Gasteiger partial charge in [-0.15, -0.1) is 0 Å². The summed E-state index contributed by atoms with van der Waals surface area (Å²) in [4.78, 5) is 0. The lowest BCUT2D eigenvalue weighted by Crippen LogP contribution is -2.34. The van der Waals surface area contributed by atoms with E-state index in [1.165, 1.54) is 11.1 Å². The molecule has 3 N–H and O–H groups in total. The Bertz CT molecular complexity index is 605. The third kappa shape index (κ3) is 2.39. The molecule has 1 unspecified atom stereocenters. The molecule has 2 nitrogen and oxygen atoms in total. The zero-order chi connectivity index (χ0) is 14.1. The number of rotatable bonds is 3. The van der Waals surface area contributed by atoms with Crippen molar-refractivity contribution in [3.05, 3.63) is 69.4 Å². The van der Waals surface area contributed by atoms with E-state index in [4.69, 9.17) is 5.84 Å². The second kappa shape index (κ2) is 5.64. The van der Waals surface area contributed by atoms with E-state index in [2.05, 4.69) is 33.5 Å². The van der Waals surface area contributed by atoms with Gasteiger partial charge in [0.15, 0.2) is 0 Å². The smallest absolute Gasteiger partial charge is 0.142 e. The summed E-state index contributed by atoms with van der Waals surface area (Å²) in [5, 5.41) is 0. The van der Waals surface area contributed by atoms with E-state index in [1.807, 2.05) is 18.2 Å². The van der Waals surface area contributed by atoms with E-state index in [0.717, 1.165) is 12.8 Å². The Hall–Kier alpha value is -1.23. The van der Waals surface area contributed by atoms with E-state index in [9.17, 15) is 4.39 Å². The lowest BCUT2D eigenvalue weighted by Gasteiger charge is -2.23. The Morgan fingerprint density at radius 1 is 1.10 bits per heavy atom. The Kier molecular flexibility index (Phi) is 3.87. The van der Waals surface area contributed by atoms with Crippen LogP contribution in [-0.2, 0) is 12.8 Å². The summed E-state index contributed by atoms with van der Waals surface area (Å²) in [5.41, 5.74) is 6.11. The van der Waals surface area contributed by atoms with Crippen molar-refractivity contribution >= 4 is 15.9 Å². The number of hydrazine groups is 1. The minimum Gasteiger partial charge on any atom is -0.271 e. The summed E-state index contributed by atoms with van der Waals surface area (Å²) in [5.74, 6) is 5.76. The molecule has 1 aliphatic rings. The normalized spacial score (nSPS) is 16.1. The van der Waals surface area contributed by atoms with E-state index < -0.39 is 0 Å². The summed E-state index contributed by atoms with van der Waals surface area (Å²) < 4.78 is 14.8. The van der Waals surface area contributed by atoms with Crippen molar-refractivity contribution in [2.45, 2.75) is 18.9 Å². The summed E-state index contributed by atoms with van der Waals surface area (Å²) in [6.07, 6.45) is 1.86. The Morgan fingerprint density at radius 3 is 2.35 bits per heavy atom. The average Bonchev–Trinajstić information content (AvgIpc) is 2.87. The maximum Gasteiger partial charge on any atom is 0.142 e. The Labute approximate surface area is 126 Å². The highest BCUT2D eigenvalue weighted by Gasteiger charge is 2.30. The second-order valence-corrected chi connectivity index (χ2v) is 6.08. The molecule has 2 aromatic carbocycles. The van der Waals surface area contributed by atoms with Gasteiger partial charge in [0.2, 0.25) is 0 Å². The molecule has 0 radical (unpaired) electrons. The fourth-order valence-electron chi connectivity index (χ4n) is 3.07. The maximum atomic E-state index is 14.3. The van der Waals surface area contributed by atoms with Gasteiger partial charge in [-0.1, -0.05) is 36.4 Å². The molecule has 0 spiro atoms. The summed E-state index contributed by atoms with van der Waals surface area (Å²) >= 11 is 3.24. The fraction of sp³-hybridized carbons (Fsp3) is 0.250. The minimum atomic E-state index is -0.230. The van der Waals surface area contributed by atoms with Crippen LogP contribution in [0.3, 0.4) is 0 Å². The molecule has 0 aliphatic heterocycles. The minimum absolute atomic E-state index is 0.181. The average molecular weight is 335 g/mol. The molecule has 0 saturated heterocycles. The maximum absolute atomic E-state index is 14.3. The van der Waals surface area contributed by atoms with Crippen LogP contribution in [0, 0.1) is 11.7 Å². The summed E-state index contributed by atoms with van der Waals surface area (Å²) in [6, 6.07) is 13.5. The summed E-state index contributed by atoms with van der Waals surface area (Å²) in [7, 11) is 0. The number of fused-ring (bicyclic) bond motifs is 1. The summed E-state index contributed by atoms with van der Waals surface area (Å²) in [6.45, 7) is 0. The van der Waals surface area contributed by atoms with E-state index >= 15 is 0 Å². The predicted octanol–water partition coefficient (Wildman–Crippen LogP) is 3.51. The van der Waals surface area contributed by atoms with Crippen molar-refractivity contribution < 1.29 is 4.39 Å². The van der Waals surface area contributed by atoms with Crippen LogP contribution in [0.15, 0.2) is 46.9 Å². The SMILES string of the molecule is NNC(c1cccc(Br)c1F)C1Cc2ccccc2C1. The van der Waals surface area contributed by atoms with Gasteiger partial charge in [0.1, 0.15) is 5.82 Å². The second-order valence-electron chi connectivity index (χ2n) is 5.22. The first-order chi connectivity index (χ1) is 9.70. The van der Waals surface area contributed by atoms with Crippen LogP contribution in [0.5, 0.6) is 0 Å². The van der Waals surface area contributed by atoms with Gasteiger partial charge in [0.05, 0.1) is 10.5 Å². The van der Waals surface area contributed by atoms with Gasteiger partial charge in [-0.05, 0) is 51.9 Å². The zero-order valence-corrected chi connectivity index (χ0v) is 12.5. The lowest BCUT2D eigenvalue weighted by molar-refractivity contribution is 0.367. The molecular formula is C16H16BrFN2. The first-order valence-corrected chi connectivity index (χ1v) is 7.47. The molecule has 3 rings (SSSR count). The van der Waals surface area contributed by atoms with Crippen molar-refractivity contribution in [3.63, 3.8) is 0 Å². The number of benzene rings is 2. The van der Waals surface area contributed by atoms with E-state index in [-0.39, 0.29) is 17.8 Å². The quantitative estimate of drug-likeness (QED) is 0.665. The van der Waals surface area contributed by atoms with Gasteiger partial charge < -0.3 is 0 Å². The molecule has 0 bridgehead atoms. The molecule has 1 atom stereocenters. The van der Waals surface area contributed by atoms with Crippen LogP contribution in [0.25, 0.3) is 0 Å². The predicted molar refractivity (Wildman–Crippen MR) is 81.5 cm³/mol. The molecular weight excluding hydrogens is 319 g/mol. The van der Waals surface area contributed by atoms with Crippen molar-refractivity contribution in [1.82, 2.24) is 5.43 Å². The van der Waals surface area contributed by atoms with Gasteiger partial charge in [0.25, 0.3) is 0 Å². The molecule has 0 fully saturated rings. The first kappa shape index (κ1) is 13.7. The fourth-order valence-corrected chi connectivity index (χ4v) is 3.45. The highest BCUT2D eigenvalue weighted by molar-refractivity contribution is 9.10. The highest BCUT2D eigenvalue weighted by Crippen LogP contribution is 2.36. The van der Waals surface area contributed by atoms with Crippen molar-refractivity contribution in [2.75, 3.05) is 0 Å². The van der Waals surface area contributed by atoms with Gasteiger partial charge in [-0.2, -0.15) is 0 Å². The molecule has 4 heteroatoms. The van der Waals surface area contributed by atoms with Crippen LogP contribution in [0.1, 0.15) is 22.7 Å². The standard InChI is InChI=1S/C16H16BrFN2/c17-14-7-3-6-13(15(14)18)16(20-19)12-8-10-4-1-2-5-11(10)9-12/h1-7,12,16,20H,8-9,19H2. The van der Waals surface area contributed by atoms with Crippen LogP contribution in [-0.4, -0.2) is 0 Å². The van der Waals surface area contributed by atoms with E-state index in [0.29, 0.717) is 10.0 Å². The molecule has 20 heavy (non-hydrogen) atoms. The monoisotopic (exact) mass is 334 g/mol. The topological polar surface area (TPSA) is 38.0 Å². The molecule has 1 aliphatic carbocycles. The molecule has 104 valence electrons. The van der Waals surface area contributed by atoms with E-state index in [1.54, 1.807) is 12.1 Å². The number of nitrogens with one attached hydrogen (secondary N) is 1. The van der Waals surface area contributed by atoms with Crippen LogP contribution >= 0.6 is 15.9 Å². The molecule has 0 aromatic heterocycles. The molecule has 2 aromatic rings. The Morgan fingerprint density at radius 2 is 1.75 bits per heavy atom. The molecule has 0 amide bonds. The van der Waals surface area contributed by atoms with Gasteiger partial charge >= 0.3 is 0 Å². The lowest BCUT2D eigenvalue weighted by atomic mass is 9.91. The largest absolute Gasteiger partial charge is 0.271 e.